The molecule has 4 aromatic rings. The lowest BCUT2D eigenvalue weighted by Crippen LogP contribution is -2.12. The molecule has 0 radical (unpaired) electrons. The van der Waals surface area contributed by atoms with Crippen LogP contribution in [0.4, 0.5) is 0 Å². The van der Waals surface area contributed by atoms with Crippen molar-refractivity contribution in [3.63, 3.8) is 0 Å². The molecule has 0 amide bonds. The summed E-state index contributed by atoms with van der Waals surface area (Å²) >= 11 is 0. The van der Waals surface area contributed by atoms with E-state index in [-0.39, 0.29) is 0 Å². The van der Waals surface area contributed by atoms with E-state index in [2.05, 4.69) is 35.3 Å². The lowest BCUT2D eigenvalue weighted by Gasteiger charge is -2.07. The highest BCUT2D eigenvalue weighted by molar-refractivity contribution is 6.13. The van der Waals surface area contributed by atoms with Gasteiger partial charge < -0.3 is 9.72 Å². The molecule has 1 aliphatic heterocycles. The Balaban J connectivity index is 2.09. The van der Waals surface area contributed by atoms with Crippen LogP contribution >= 0.6 is 0 Å². The molecule has 0 saturated heterocycles. The summed E-state index contributed by atoms with van der Waals surface area (Å²) in [5.74, 6) is 0. The predicted octanol–water partition coefficient (Wildman–Crippen LogP) is 3.33. The summed E-state index contributed by atoms with van der Waals surface area (Å²) in [6, 6.07) is 12.6. The van der Waals surface area contributed by atoms with Gasteiger partial charge in [0.15, 0.2) is 0 Å². The zero-order valence-corrected chi connectivity index (χ0v) is 10.6. The number of benzene rings is 1. The summed E-state index contributed by atoms with van der Waals surface area (Å²) < 4.78 is 5.29. The first-order valence-electron chi connectivity index (χ1n) is 6.56. The molecule has 0 unspecified atom stereocenters. The van der Waals surface area contributed by atoms with Crippen LogP contribution in [0.15, 0.2) is 42.7 Å². The van der Waals surface area contributed by atoms with E-state index in [1.165, 1.54) is 10.8 Å². The van der Waals surface area contributed by atoms with Gasteiger partial charge in [-0.1, -0.05) is 18.2 Å². The third kappa shape index (κ3) is 1.17. The Morgan fingerprint density at radius 1 is 1.00 bits per heavy atom. The minimum Gasteiger partial charge on any atom is -0.472 e. The first-order chi connectivity index (χ1) is 9.90. The summed E-state index contributed by atoms with van der Waals surface area (Å²) in [7, 11) is 0. The predicted molar refractivity (Wildman–Crippen MR) is 80.9 cm³/mol. The van der Waals surface area contributed by atoms with Crippen molar-refractivity contribution in [2.45, 2.75) is 0 Å². The van der Waals surface area contributed by atoms with Gasteiger partial charge in [0.1, 0.15) is 6.26 Å². The highest BCUT2D eigenvalue weighted by Crippen LogP contribution is 2.29. The summed E-state index contributed by atoms with van der Waals surface area (Å²) in [5, 5.41) is 3.50. The number of H-pyrrole nitrogens is 1. The number of hydrogen-bond donors (Lipinski definition) is 1. The lowest BCUT2D eigenvalue weighted by molar-refractivity contribution is 0.461. The number of nitrogens with one attached hydrogen (secondary N) is 1. The Bertz CT molecular complexity index is 1070. The Hall–Kier alpha value is -2.81. The molecule has 0 fully saturated rings. The van der Waals surface area contributed by atoms with E-state index >= 15 is 0 Å². The van der Waals surface area contributed by atoms with E-state index in [1.54, 1.807) is 12.5 Å². The molecule has 5 rings (SSSR count). The molecule has 0 saturated carbocycles. The fourth-order valence-corrected chi connectivity index (χ4v) is 2.97. The number of ether oxygens (including phenoxy) is 1. The van der Waals surface area contributed by atoms with E-state index in [0.717, 1.165) is 32.8 Å². The Kier molecular flexibility index (Phi) is 1.70. The third-order valence-electron chi connectivity index (χ3n) is 3.92. The zero-order valence-electron chi connectivity index (χ0n) is 10.6. The van der Waals surface area contributed by atoms with Gasteiger partial charge in [-0.3, -0.25) is 0 Å². The summed E-state index contributed by atoms with van der Waals surface area (Å²) in [5.41, 5.74) is 5.36. The first-order valence-corrected chi connectivity index (χ1v) is 6.56. The van der Waals surface area contributed by atoms with Crippen molar-refractivity contribution in [3.05, 3.63) is 53.4 Å². The summed E-state index contributed by atoms with van der Waals surface area (Å²) in [6.07, 6.45) is 5.44. The van der Waals surface area contributed by atoms with Crippen LogP contribution in [0.5, 0.6) is 0 Å². The molecule has 1 aromatic carbocycles. The minimum atomic E-state index is 0.971. The van der Waals surface area contributed by atoms with Crippen molar-refractivity contribution in [2.75, 3.05) is 0 Å². The maximum absolute atomic E-state index is 5.29. The lowest BCUT2D eigenvalue weighted by atomic mass is 10.1. The first kappa shape index (κ1) is 10.0. The van der Waals surface area contributed by atoms with E-state index in [1.807, 2.05) is 12.1 Å². The highest BCUT2D eigenvalue weighted by atomic mass is 16.5. The maximum atomic E-state index is 5.29. The van der Waals surface area contributed by atoms with Crippen LogP contribution in [-0.4, -0.2) is 9.97 Å². The smallest absolute Gasteiger partial charge is 0.100 e. The van der Waals surface area contributed by atoms with E-state index in [4.69, 9.17) is 9.72 Å². The number of aromatic amines is 1. The van der Waals surface area contributed by atoms with Gasteiger partial charge in [0.25, 0.3) is 0 Å². The fourth-order valence-electron chi connectivity index (χ4n) is 2.97. The summed E-state index contributed by atoms with van der Waals surface area (Å²) in [4.78, 5) is 8.17. The van der Waals surface area contributed by atoms with Gasteiger partial charge >= 0.3 is 0 Å². The van der Waals surface area contributed by atoms with Gasteiger partial charge in [0, 0.05) is 21.5 Å². The Morgan fingerprint density at radius 3 is 2.95 bits per heavy atom. The molecule has 20 heavy (non-hydrogen) atoms. The molecule has 3 nitrogen and oxygen atoms in total. The molecule has 0 spiro atoms. The number of hydrogen-bond acceptors (Lipinski definition) is 2. The average Bonchev–Trinajstić information content (AvgIpc) is 2.87. The number of pyridine rings is 2. The third-order valence-corrected chi connectivity index (χ3v) is 3.92. The van der Waals surface area contributed by atoms with Crippen molar-refractivity contribution >= 4 is 45.2 Å². The molecule has 4 heterocycles. The van der Waals surface area contributed by atoms with Gasteiger partial charge in [-0.15, -0.1) is 0 Å². The van der Waals surface area contributed by atoms with Crippen molar-refractivity contribution < 1.29 is 4.74 Å². The maximum Gasteiger partial charge on any atom is 0.100 e. The van der Waals surface area contributed by atoms with Crippen LogP contribution in [0, 0.1) is 0 Å². The number of rotatable bonds is 0. The topological polar surface area (TPSA) is 37.9 Å². The Morgan fingerprint density at radius 2 is 1.95 bits per heavy atom. The SMILES string of the molecule is C1=Cc2cc3nc(cc4c5ccccc5[nH]c34)c2=CO1. The Labute approximate surface area is 114 Å². The molecule has 1 N–H and O–H groups in total. The number of aromatic nitrogens is 2. The van der Waals surface area contributed by atoms with Gasteiger partial charge in [0.2, 0.25) is 0 Å². The second kappa shape index (κ2) is 3.39. The fraction of sp³-hybridized carbons (Fsp3) is 0. The molecule has 94 valence electrons. The molecule has 3 aromatic heterocycles. The number of nitrogens with zero attached hydrogens (tertiary/aromatic N) is 1. The average molecular weight is 258 g/mol. The molecular formula is C17H10N2O. The van der Waals surface area contributed by atoms with Gasteiger partial charge in [-0.25, -0.2) is 4.98 Å². The van der Waals surface area contributed by atoms with Crippen molar-refractivity contribution in [2.24, 2.45) is 0 Å². The van der Waals surface area contributed by atoms with Crippen LogP contribution in [0.1, 0.15) is 5.56 Å². The van der Waals surface area contributed by atoms with Crippen LogP contribution in [-0.2, 0) is 4.74 Å². The second-order valence-electron chi connectivity index (χ2n) is 5.06. The van der Waals surface area contributed by atoms with E-state index in [0.29, 0.717) is 0 Å². The number of para-hydroxylation sites is 1. The van der Waals surface area contributed by atoms with Crippen molar-refractivity contribution in [1.82, 2.24) is 9.97 Å². The van der Waals surface area contributed by atoms with Gasteiger partial charge in [-0.2, -0.15) is 0 Å². The van der Waals surface area contributed by atoms with Crippen LogP contribution in [0.3, 0.4) is 0 Å². The van der Waals surface area contributed by atoms with E-state index in [9.17, 15) is 0 Å². The van der Waals surface area contributed by atoms with Crippen molar-refractivity contribution in [1.29, 1.82) is 0 Å². The standard InChI is InChI=1S/C17H10N2O/c1-2-4-14-11(3-1)12-8-15-13-9-20-6-5-10(13)7-16(18-15)17(12)19-14/h1-9,19H. The van der Waals surface area contributed by atoms with E-state index < -0.39 is 0 Å². The zero-order chi connectivity index (χ0) is 13.1. The number of fused-ring (bicyclic) bond motifs is 8. The van der Waals surface area contributed by atoms with Crippen LogP contribution in [0.2, 0.25) is 0 Å². The molecular weight excluding hydrogens is 248 g/mol. The van der Waals surface area contributed by atoms with Gasteiger partial charge in [0.05, 0.1) is 22.8 Å². The minimum absolute atomic E-state index is 0.971. The summed E-state index contributed by atoms with van der Waals surface area (Å²) in [6.45, 7) is 0. The molecule has 1 aliphatic rings. The quantitative estimate of drug-likeness (QED) is 0.525. The highest BCUT2D eigenvalue weighted by Gasteiger charge is 2.11. The molecule has 0 atom stereocenters. The molecule has 0 aliphatic carbocycles. The molecule has 2 bridgehead atoms. The van der Waals surface area contributed by atoms with Crippen molar-refractivity contribution in [3.8, 4) is 0 Å². The monoisotopic (exact) mass is 258 g/mol. The van der Waals surface area contributed by atoms with Crippen LogP contribution < -0.4 is 5.22 Å². The second-order valence-corrected chi connectivity index (χ2v) is 5.06. The van der Waals surface area contributed by atoms with Crippen LogP contribution in [0.25, 0.3) is 45.2 Å². The normalized spacial score (nSPS) is 13.6. The molecule has 3 heteroatoms. The van der Waals surface area contributed by atoms with Gasteiger partial charge in [-0.05, 0) is 29.8 Å². The largest absolute Gasteiger partial charge is 0.472 e.